The van der Waals surface area contributed by atoms with Crippen LogP contribution in [0.5, 0.6) is 0 Å². The number of fused-ring (bicyclic) bond motifs is 1. The Balaban J connectivity index is 2.43. The lowest BCUT2D eigenvalue weighted by Crippen LogP contribution is -2.40. The van der Waals surface area contributed by atoms with Gasteiger partial charge in [-0.05, 0) is 19.8 Å². The fraction of sp³-hybridized carbons (Fsp3) is 0.615. The summed E-state index contributed by atoms with van der Waals surface area (Å²) in [4.78, 5) is 36.9. The molecule has 2 rings (SSSR count). The number of hydrogen-bond acceptors (Lipinski definition) is 3. The molecule has 0 unspecified atom stereocenters. The van der Waals surface area contributed by atoms with Crippen molar-refractivity contribution in [2.75, 3.05) is 0 Å². The highest BCUT2D eigenvalue weighted by atomic mass is 16.4. The van der Waals surface area contributed by atoms with Crippen molar-refractivity contribution >= 4 is 17.8 Å². The summed E-state index contributed by atoms with van der Waals surface area (Å²) < 4.78 is 0. The van der Waals surface area contributed by atoms with Gasteiger partial charge in [-0.15, -0.1) is 0 Å². The van der Waals surface area contributed by atoms with Crippen LogP contribution in [0.15, 0.2) is 12.2 Å². The Morgan fingerprint density at radius 1 is 1.28 bits per heavy atom. The van der Waals surface area contributed by atoms with E-state index in [1.54, 1.807) is 32.9 Å². The fourth-order valence-electron chi connectivity index (χ4n) is 2.95. The van der Waals surface area contributed by atoms with Crippen LogP contribution in [0.3, 0.4) is 0 Å². The average Bonchev–Trinajstić information content (AvgIpc) is 2.50. The Bertz CT molecular complexity index is 440. The largest absolute Gasteiger partial charge is 0.481 e. The maximum atomic E-state index is 12.3. The summed E-state index contributed by atoms with van der Waals surface area (Å²) in [5.41, 5.74) is 0. The zero-order valence-corrected chi connectivity index (χ0v) is 10.7. The zero-order chi connectivity index (χ0) is 13.6. The number of aliphatic carboxylic acids is 1. The van der Waals surface area contributed by atoms with Crippen LogP contribution in [-0.2, 0) is 14.4 Å². The van der Waals surface area contributed by atoms with Crippen LogP contribution in [0.4, 0.5) is 0 Å². The van der Waals surface area contributed by atoms with E-state index in [2.05, 4.69) is 0 Å². The highest BCUT2D eigenvalue weighted by Gasteiger charge is 2.55. The number of carbonyl (C=O) groups excluding carboxylic acids is 2. The number of amides is 2. The molecule has 18 heavy (non-hydrogen) atoms. The van der Waals surface area contributed by atoms with Crippen molar-refractivity contribution in [2.45, 2.75) is 26.8 Å². The molecule has 0 saturated carbocycles. The van der Waals surface area contributed by atoms with Gasteiger partial charge in [0.2, 0.25) is 11.8 Å². The van der Waals surface area contributed by atoms with Gasteiger partial charge < -0.3 is 5.11 Å². The Kier molecular flexibility index (Phi) is 3.00. The number of nitrogens with zero attached hydrogens (tertiary/aromatic N) is 1. The van der Waals surface area contributed by atoms with Gasteiger partial charge in [0.15, 0.2) is 0 Å². The van der Waals surface area contributed by atoms with Crippen LogP contribution in [0, 0.1) is 23.7 Å². The maximum Gasteiger partial charge on any atom is 0.307 e. The molecule has 98 valence electrons. The van der Waals surface area contributed by atoms with E-state index in [1.807, 2.05) is 0 Å². The standard InChI is InChI=1S/C13H17NO4/c1-6(2)14-11(15)8-5-4-7(3)9(13(17)18)10(8)12(14)16/h4-10H,1-3H3,(H,17,18)/t7-,8-,9-,10+/m1/s1. The molecule has 1 aliphatic heterocycles. The fourth-order valence-corrected chi connectivity index (χ4v) is 2.95. The van der Waals surface area contributed by atoms with Crippen molar-refractivity contribution in [3.8, 4) is 0 Å². The van der Waals surface area contributed by atoms with Crippen LogP contribution in [0.1, 0.15) is 20.8 Å². The molecule has 0 bridgehead atoms. The summed E-state index contributed by atoms with van der Waals surface area (Å²) >= 11 is 0. The number of carboxylic acids is 1. The smallest absolute Gasteiger partial charge is 0.307 e. The number of carbonyl (C=O) groups is 3. The molecule has 0 radical (unpaired) electrons. The molecule has 1 aliphatic carbocycles. The third kappa shape index (κ3) is 1.65. The summed E-state index contributed by atoms with van der Waals surface area (Å²) in [6.45, 7) is 5.29. The van der Waals surface area contributed by atoms with Crippen LogP contribution < -0.4 is 0 Å². The molecular weight excluding hydrogens is 234 g/mol. The minimum atomic E-state index is -1.01. The quantitative estimate of drug-likeness (QED) is 0.584. The summed E-state index contributed by atoms with van der Waals surface area (Å²) in [7, 11) is 0. The van der Waals surface area contributed by atoms with Crippen molar-refractivity contribution in [1.29, 1.82) is 0 Å². The van der Waals surface area contributed by atoms with Gasteiger partial charge in [0.25, 0.3) is 0 Å². The minimum Gasteiger partial charge on any atom is -0.481 e. The number of allylic oxidation sites excluding steroid dienone is 1. The molecule has 0 aromatic heterocycles. The molecule has 1 saturated heterocycles. The van der Waals surface area contributed by atoms with Gasteiger partial charge in [-0.25, -0.2) is 0 Å². The first-order valence-corrected chi connectivity index (χ1v) is 6.14. The van der Waals surface area contributed by atoms with Crippen molar-refractivity contribution in [3.05, 3.63) is 12.2 Å². The third-order valence-electron chi connectivity index (χ3n) is 3.81. The second-order valence-corrected chi connectivity index (χ2v) is 5.30. The number of likely N-dealkylation sites (tertiary alicyclic amines) is 1. The predicted molar refractivity (Wildman–Crippen MR) is 63.4 cm³/mol. The normalized spacial score (nSPS) is 35.2. The van der Waals surface area contributed by atoms with E-state index in [0.717, 1.165) is 0 Å². The first-order valence-electron chi connectivity index (χ1n) is 6.14. The van der Waals surface area contributed by atoms with Crippen LogP contribution in [-0.4, -0.2) is 33.8 Å². The van der Waals surface area contributed by atoms with E-state index in [4.69, 9.17) is 0 Å². The van der Waals surface area contributed by atoms with Gasteiger partial charge in [0.05, 0.1) is 17.8 Å². The van der Waals surface area contributed by atoms with E-state index in [9.17, 15) is 19.5 Å². The van der Waals surface area contributed by atoms with E-state index in [1.165, 1.54) is 4.90 Å². The van der Waals surface area contributed by atoms with E-state index >= 15 is 0 Å². The molecule has 0 spiro atoms. The zero-order valence-electron chi connectivity index (χ0n) is 10.7. The third-order valence-corrected chi connectivity index (χ3v) is 3.81. The van der Waals surface area contributed by atoms with Crippen molar-refractivity contribution in [2.24, 2.45) is 23.7 Å². The minimum absolute atomic E-state index is 0.228. The lowest BCUT2D eigenvalue weighted by atomic mass is 9.72. The average molecular weight is 251 g/mol. The molecule has 2 aliphatic rings. The maximum absolute atomic E-state index is 12.3. The number of carboxylic acid groups (broad SMARTS) is 1. The molecular formula is C13H17NO4. The molecule has 2 amide bonds. The monoisotopic (exact) mass is 251 g/mol. The Labute approximate surface area is 105 Å². The molecule has 1 heterocycles. The molecule has 5 heteroatoms. The van der Waals surface area contributed by atoms with E-state index < -0.39 is 23.7 Å². The van der Waals surface area contributed by atoms with Gasteiger partial charge in [0.1, 0.15) is 0 Å². The number of imide groups is 1. The first kappa shape index (κ1) is 12.8. The van der Waals surface area contributed by atoms with E-state index in [0.29, 0.717) is 0 Å². The summed E-state index contributed by atoms with van der Waals surface area (Å²) in [6.07, 6.45) is 3.42. The lowest BCUT2D eigenvalue weighted by Gasteiger charge is -2.28. The van der Waals surface area contributed by atoms with Crippen LogP contribution in [0.25, 0.3) is 0 Å². The molecule has 0 aromatic carbocycles. The molecule has 1 fully saturated rings. The summed E-state index contributed by atoms with van der Waals surface area (Å²) in [5.74, 6) is -3.99. The van der Waals surface area contributed by atoms with Gasteiger partial charge in [0, 0.05) is 6.04 Å². The topological polar surface area (TPSA) is 74.7 Å². The SMILES string of the molecule is CC(C)N1C(=O)[C@@H]2[C@H](C(=O)O)[C@H](C)C=C[C@H]2C1=O. The van der Waals surface area contributed by atoms with Gasteiger partial charge >= 0.3 is 5.97 Å². The summed E-state index contributed by atoms with van der Waals surface area (Å²) in [6, 6.07) is -0.228. The highest BCUT2D eigenvalue weighted by molar-refractivity contribution is 6.08. The van der Waals surface area contributed by atoms with Crippen molar-refractivity contribution < 1.29 is 19.5 Å². The second kappa shape index (κ2) is 4.23. The summed E-state index contributed by atoms with van der Waals surface area (Å²) in [5, 5.41) is 9.27. The second-order valence-electron chi connectivity index (χ2n) is 5.30. The Morgan fingerprint density at radius 2 is 1.89 bits per heavy atom. The first-order chi connectivity index (χ1) is 8.36. The lowest BCUT2D eigenvalue weighted by molar-refractivity contribution is -0.151. The van der Waals surface area contributed by atoms with Crippen LogP contribution >= 0.6 is 0 Å². The molecule has 0 aromatic rings. The number of rotatable bonds is 2. The van der Waals surface area contributed by atoms with Crippen LogP contribution in [0.2, 0.25) is 0 Å². The highest BCUT2D eigenvalue weighted by Crippen LogP contribution is 2.41. The molecule has 5 nitrogen and oxygen atoms in total. The molecule has 1 N–H and O–H groups in total. The van der Waals surface area contributed by atoms with E-state index in [-0.39, 0.29) is 23.8 Å². The number of hydrogen-bond donors (Lipinski definition) is 1. The Hall–Kier alpha value is -1.65. The predicted octanol–water partition coefficient (Wildman–Crippen LogP) is 0.903. The van der Waals surface area contributed by atoms with Crippen molar-refractivity contribution in [1.82, 2.24) is 4.90 Å². The van der Waals surface area contributed by atoms with Gasteiger partial charge in [-0.2, -0.15) is 0 Å². The van der Waals surface area contributed by atoms with Gasteiger partial charge in [-0.1, -0.05) is 19.1 Å². The van der Waals surface area contributed by atoms with Gasteiger partial charge in [-0.3, -0.25) is 19.3 Å². The van der Waals surface area contributed by atoms with Crippen molar-refractivity contribution in [3.63, 3.8) is 0 Å². The Morgan fingerprint density at radius 3 is 2.39 bits per heavy atom. The molecule has 4 atom stereocenters.